The summed E-state index contributed by atoms with van der Waals surface area (Å²) in [7, 11) is 0. The predicted octanol–water partition coefficient (Wildman–Crippen LogP) is 3.09. The number of hydrogen-bond acceptors (Lipinski definition) is 4. The zero-order chi connectivity index (χ0) is 13.0. The van der Waals surface area contributed by atoms with Gasteiger partial charge in [-0.15, -0.1) is 0 Å². The summed E-state index contributed by atoms with van der Waals surface area (Å²) in [5.74, 6) is -0.796. The van der Waals surface area contributed by atoms with Crippen molar-refractivity contribution in [1.29, 1.82) is 0 Å². The van der Waals surface area contributed by atoms with Crippen LogP contribution in [0.1, 0.15) is 11.1 Å². The second-order valence-electron chi connectivity index (χ2n) is 3.78. The van der Waals surface area contributed by atoms with Crippen molar-refractivity contribution >= 4 is 17.0 Å². The molecule has 0 bridgehead atoms. The number of nitrogens with one attached hydrogen (secondary N) is 1. The first-order chi connectivity index (χ1) is 8.66. The summed E-state index contributed by atoms with van der Waals surface area (Å²) in [4.78, 5) is 9.73. The summed E-state index contributed by atoms with van der Waals surface area (Å²) in [6, 6.07) is 5.95. The van der Waals surface area contributed by atoms with Crippen LogP contribution in [0.15, 0.2) is 35.0 Å². The molecule has 4 nitrogen and oxygen atoms in total. The third kappa shape index (κ3) is 3.12. The van der Waals surface area contributed by atoms with E-state index in [4.69, 9.17) is 0 Å². The first-order valence-corrected chi connectivity index (χ1v) is 6.25. The average Bonchev–Trinajstić information content (AvgIpc) is 2.81. The van der Waals surface area contributed by atoms with Gasteiger partial charge in [0.05, 0.1) is 4.92 Å². The second kappa shape index (κ2) is 5.70. The van der Waals surface area contributed by atoms with Crippen LogP contribution in [0.4, 0.5) is 10.1 Å². The molecule has 2 aromatic rings. The van der Waals surface area contributed by atoms with E-state index in [-0.39, 0.29) is 0 Å². The SMILES string of the molecule is O=[N+]([O-])c1ccc(CNCc2ccsc2)cc1F. The molecule has 0 aliphatic carbocycles. The predicted molar refractivity (Wildman–Crippen MR) is 67.9 cm³/mol. The van der Waals surface area contributed by atoms with Crippen molar-refractivity contribution in [1.82, 2.24) is 5.32 Å². The van der Waals surface area contributed by atoms with Gasteiger partial charge in [-0.2, -0.15) is 15.7 Å². The molecule has 0 radical (unpaired) electrons. The highest BCUT2D eigenvalue weighted by atomic mass is 32.1. The minimum Gasteiger partial charge on any atom is -0.309 e. The maximum absolute atomic E-state index is 13.3. The van der Waals surface area contributed by atoms with Crippen LogP contribution in [-0.2, 0) is 13.1 Å². The highest BCUT2D eigenvalue weighted by molar-refractivity contribution is 7.07. The van der Waals surface area contributed by atoms with Crippen LogP contribution in [0.3, 0.4) is 0 Å². The maximum atomic E-state index is 13.3. The number of nitro groups is 1. The van der Waals surface area contributed by atoms with Gasteiger partial charge < -0.3 is 5.32 Å². The van der Waals surface area contributed by atoms with E-state index in [0.29, 0.717) is 18.7 Å². The molecule has 2 rings (SSSR count). The number of nitro benzene ring substituents is 1. The molecule has 6 heteroatoms. The van der Waals surface area contributed by atoms with E-state index < -0.39 is 16.4 Å². The summed E-state index contributed by atoms with van der Waals surface area (Å²) in [6.07, 6.45) is 0. The Morgan fingerprint density at radius 3 is 2.67 bits per heavy atom. The second-order valence-corrected chi connectivity index (χ2v) is 4.56. The molecule has 18 heavy (non-hydrogen) atoms. The minimum absolute atomic E-state index is 0.477. The summed E-state index contributed by atoms with van der Waals surface area (Å²) in [5, 5.41) is 17.6. The Morgan fingerprint density at radius 2 is 2.06 bits per heavy atom. The van der Waals surface area contributed by atoms with Gasteiger partial charge in [-0.1, -0.05) is 6.07 Å². The Labute approximate surface area is 107 Å². The van der Waals surface area contributed by atoms with Gasteiger partial charge in [0.2, 0.25) is 5.82 Å². The molecule has 0 aliphatic heterocycles. The highest BCUT2D eigenvalue weighted by Gasteiger charge is 2.13. The monoisotopic (exact) mass is 266 g/mol. The molecule has 0 atom stereocenters. The lowest BCUT2D eigenvalue weighted by Crippen LogP contribution is -2.12. The molecular formula is C12H11FN2O2S. The van der Waals surface area contributed by atoms with Gasteiger partial charge in [-0.25, -0.2) is 0 Å². The van der Waals surface area contributed by atoms with Crippen LogP contribution < -0.4 is 5.32 Å². The molecular weight excluding hydrogens is 255 g/mol. The zero-order valence-electron chi connectivity index (χ0n) is 9.43. The summed E-state index contributed by atoms with van der Waals surface area (Å²) < 4.78 is 13.3. The first-order valence-electron chi connectivity index (χ1n) is 5.31. The molecule has 0 spiro atoms. The third-order valence-corrected chi connectivity index (χ3v) is 3.18. The van der Waals surface area contributed by atoms with Crippen LogP contribution in [0, 0.1) is 15.9 Å². The largest absolute Gasteiger partial charge is 0.309 e. The molecule has 0 amide bonds. The summed E-state index contributed by atoms with van der Waals surface area (Å²) in [5.41, 5.74) is 1.37. The number of nitrogens with zero attached hydrogens (tertiary/aromatic N) is 1. The molecule has 0 unspecified atom stereocenters. The number of thiophene rings is 1. The van der Waals surface area contributed by atoms with Crippen molar-refractivity contribution in [3.05, 3.63) is 62.1 Å². The highest BCUT2D eigenvalue weighted by Crippen LogP contribution is 2.17. The van der Waals surface area contributed by atoms with Gasteiger partial charge in [0, 0.05) is 19.2 Å². The smallest absolute Gasteiger partial charge is 0.304 e. The van der Waals surface area contributed by atoms with Crippen LogP contribution in [-0.4, -0.2) is 4.92 Å². The Bertz CT molecular complexity index is 543. The van der Waals surface area contributed by atoms with Gasteiger partial charge in [-0.05, 0) is 34.0 Å². The molecule has 1 aromatic heterocycles. The molecule has 1 N–H and O–H groups in total. The molecule has 1 aromatic carbocycles. The fraction of sp³-hybridized carbons (Fsp3) is 0.167. The molecule has 0 fully saturated rings. The Morgan fingerprint density at radius 1 is 1.28 bits per heavy atom. The van der Waals surface area contributed by atoms with Crippen LogP contribution in [0.2, 0.25) is 0 Å². The van der Waals surface area contributed by atoms with Crippen molar-refractivity contribution in [2.24, 2.45) is 0 Å². The van der Waals surface area contributed by atoms with E-state index in [9.17, 15) is 14.5 Å². The van der Waals surface area contributed by atoms with Crippen molar-refractivity contribution in [3.8, 4) is 0 Å². The zero-order valence-corrected chi connectivity index (χ0v) is 10.2. The van der Waals surface area contributed by atoms with E-state index >= 15 is 0 Å². The maximum Gasteiger partial charge on any atom is 0.304 e. The van der Waals surface area contributed by atoms with Gasteiger partial charge in [0.25, 0.3) is 0 Å². The molecule has 0 aliphatic rings. The number of rotatable bonds is 5. The summed E-state index contributed by atoms with van der Waals surface area (Å²) in [6.45, 7) is 1.17. The lowest BCUT2D eigenvalue weighted by Gasteiger charge is -2.04. The van der Waals surface area contributed by atoms with Crippen LogP contribution >= 0.6 is 11.3 Å². The van der Waals surface area contributed by atoms with Gasteiger partial charge in [0.15, 0.2) is 0 Å². The third-order valence-electron chi connectivity index (χ3n) is 2.45. The van der Waals surface area contributed by atoms with Gasteiger partial charge in [0.1, 0.15) is 0 Å². The van der Waals surface area contributed by atoms with Crippen molar-refractivity contribution in [3.63, 3.8) is 0 Å². The normalized spacial score (nSPS) is 10.5. The van der Waals surface area contributed by atoms with Crippen molar-refractivity contribution < 1.29 is 9.31 Å². The Hall–Kier alpha value is -1.79. The topological polar surface area (TPSA) is 55.2 Å². The fourth-order valence-electron chi connectivity index (χ4n) is 1.55. The van der Waals surface area contributed by atoms with Gasteiger partial charge >= 0.3 is 5.69 Å². The van der Waals surface area contributed by atoms with Crippen LogP contribution in [0.5, 0.6) is 0 Å². The quantitative estimate of drug-likeness (QED) is 0.668. The molecule has 1 heterocycles. The fourth-order valence-corrected chi connectivity index (χ4v) is 2.22. The van der Waals surface area contributed by atoms with E-state index in [2.05, 4.69) is 5.32 Å². The Balaban J connectivity index is 1.94. The van der Waals surface area contributed by atoms with E-state index in [1.807, 2.05) is 16.8 Å². The molecule has 0 saturated heterocycles. The minimum atomic E-state index is -0.796. The van der Waals surface area contributed by atoms with E-state index in [1.165, 1.54) is 17.7 Å². The standard InChI is InChI=1S/C12H11FN2O2S/c13-11-5-9(1-2-12(11)15(16)17)6-14-7-10-3-4-18-8-10/h1-5,8,14H,6-7H2. The van der Waals surface area contributed by atoms with Crippen LogP contribution in [0.25, 0.3) is 0 Å². The van der Waals surface area contributed by atoms with E-state index in [1.54, 1.807) is 17.4 Å². The average molecular weight is 266 g/mol. The number of benzene rings is 1. The number of hydrogen-bond donors (Lipinski definition) is 1. The summed E-state index contributed by atoms with van der Waals surface area (Å²) >= 11 is 1.62. The molecule has 94 valence electrons. The lowest BCUT2D eigenvalue weighted by molar-refractivity contribution is -0.387. The number of halogens is 1. The van der Waals surface area contributed by atoms with E-state index in [0.717, 1.165) is 0 Å². The Kier molecular flexibility index (Phi) is 4.01. The first kappa shape index (κ1) is 12.7. The molecule has 0 saturated carbocycles. The van der Waals surface area contributed by atoms with Crippen molar-refractivity contribution in [2.45, 2.75) is 13.1 Å². The van der Waals surface area contributed by atoms with Crippen molar-refractivity contribution in [2.75, 3.05) is 0 Å². The lowest BCUT2D eigenvalue weighted by atomic mass is 10.2. The van der Waals surface area contributed by atoms with Gasteiger partial charge in [-0.3, -0.25) is 10.1 Å².